The summed E-state index contributed by atoms with van der Waals surface area (Å²) < 4.78 is 19.8. The number of carbonyl (C=O) groups is 1. The molecule has 0 saturated heterocycles. The van der Waals surface area contributed by atoms with Gasteiger partial charge >= 0.3 is 0 Å². The first-order chi connectivity index (χ1) is 10.6. The summed E-state index contributed by atoms with van der Waals surface area (Å²) in [5, 5.41) is 3.21. The molecule has 112 valence electrons. The third-order valence-electron chi connectivity index (χ3n) is 3.16. The second-order valence-corrected chi connectivity index (χ2v) is 5.70. The van der Waals surface area contributed by atoms with Crippen molar-refractivity contribution in [2.24, 2.45) is 0 Å². The normalized spacial score (nSPS) is 10.7. The number of amides is 1. The van der Waals surface area contributed by atoms with E-state index in [1.807, 2.05) is 18.2 Å². The third-order valence-corrected chi connectivity index (χ3v) is 4.18. The Morgan fingerprint density at radius 3 is 2.82 bits per heavy atom. The molecule has 0 unspecified atom stereocenters. The molecule has 2 aromatic carbocycles. The lowest BCUT2D eigenvalue weighted by Gasteiger charge is -2.06. The standard InChI is InChI=1S/C16H13FN2O2S/c1-9(20)18-16-19-13-5-3-4-11(15(13)22-16)10-6-7-14(21-2)12(17)8-10/h3-8H,1-2H3,(H,18,19,20). The van der Waals surface area contributed by atoms with Crippen molar-refractivity contribution in [2.75, 3.05) is 12.4 Å². The number of halogens is 1. The number of nitrogens with one attached hydrogen (secondary N) is 1. The van der Waals surface area contributed by atoms with Gasteiger partial charge in [-0.2, -0.15) is 0 Å². The summed E-state index contributed by atoms with van der Waals surface area (Å²) in [7, 11) is 1.43. The van der Waals surface area contributed by atoms with E-state index in [0.29, 0.717) is 5.13 Å². The molecular formula is C16H13FN2O2S. The van der Waals surface area contributed by atoms with Gasteiger partial charge in [-0.25, -0.2) is 9.37 Å². The van der Waals surface area contributed by atoms with Gasteiger partial charge in [0.2, 0.25) is 5.91 Å². The van der Waals surface area contributed by atoms with E-state index < -0.39 is 5.82 Å². The summed E-state index contributed by atoms with van der Waals surface area (Å²) in [6, 6.07) is 10.5. The molecule has 3 aromatic rings. The zero-order chi connectivity index (χ0) is 15.7. The molecule has 22 heavy (non-hydrogen) atoms. The Labute approximate surface area is 130 Å². The number of methoxy groups -OCH3 is 1. The average Bonchev–Trinajstić information content (AvgIpc) is 2.88. The van der Waals surface area contributed by atoms with Crippen LogP contribution < -0.4 is 10.1 Å². The van der Waals surface area contributed by atoms with Gasteiger partial charge in [-0.05, 0) is 23.8 Å². The molecule has 0 bridgehead atoms. The first-order valence-electron chi connectivity index (χ1n) is 6.59. The number of hydrogen-bond donors (Lipinski definition) is 1. The van der Waals surface area contributed by atoms with Crippen molar-refractivity contribution in [3.8, 4) is 16.9 Å². The summed E-state index contributed by atoms with van der Waals surface area (Å²) in [5.74, 6) is -0.376. The van der Waals surface area contributed by atoms with Gasteiger partial charge in [0.15, 0.2) is 16.7 Å². The minimum atomic E-state index is -0.413. The van der Waals surface area contributed by atoms with Crippen LogP contribution in [0.15, 0.2) is 36.4 Å². The highest BCUT2D eigenvalue weighted by atomic mass is 32.1. The molecule has 0 spiro atoms. The molecule has 0 aliphatic rings. The van der Waals surface area contributed by atoms with Crippen LogP contribution >= 0.6 is 11.3 Å². The summed E-state index contributed by atoms with van der Waals surface area (Å²) >= 11 is 1.37. The first-order valence-corrected chi connectivity index (χ1v) is 7.41. The number of rotatable bonds is 3. The number of fused-ring (bicyclic) bond motifs is 1. The van der Waals surface area contributed by atoms with Gasteiger partial charge in [0, 0.05) is 12.5 Å². The number of aromatic nitrogens is 1. The predicted octanol–water partition coefficient (Wildman–Crippen LogP) is 4.07. The SMILES string of the molecule is COc1ccc(-c2cccc3nc(NC(C)=O)sc23)cc1F. The van der Waals surface area contributed by atoms with Crippen LogP contribution in [0, 0.1) is 5.82 Å². The Hall–Kier alpha value is -2.47. The molecular weight excluding hydrogens is 303 g/mol. The number of hydrogen-bond acceptors (Lipinski definition) is 4. The number of nitrogens with zero attached hydrogens (tertiary/aromatic N) is 1. The van der Waals surface area contributed by atoms with Crippen molar-refractivity contribution in [1.29, 1.82) is 0 Å². The van der Waals surface area contributed by atoms with Crippen molar-refractivity contribution in [3.63, 3.8) is 0 Å². The summed E-state index contributed by atoms with van der Waals surface area (Å²) in [6.07, 6.45) is 0. The summed E-state index contributed by atoms with van der Waals surface area (Å²) in [6.45, 7) is 1.44. The first kappa shape index (κ1) is 14.5. The fourth-order valence-electron chi connectivity index (χ4n) is 2.21. The monoisotopic (exact) mass is 316 g/mol. The van der Waals surface area contributed by atoms with Crippen LogP contribution in [-0.2, 0) is 4.79 Å². The lowest BCUT2D eigenvalue weighted by molar-refractivity contribution is -0.114. The lowest BCUT2D eigenvalue weighted by Crippen LogP contribution is -2.04. The minimum Gasteiger partial charge on any atom is -0.494 e. The Kier molecular flexibility index (Phi) is 3.77. The number of thiazole rings is 1. The highest BCUT2D eigenvalue weighted by Crippen LogP contribution is 2.36. The molecule has 0 atom stereocenters. The van der Waals surface area contributed by atoms with Gasteiger partial charge in [-0.15, -0.1) is 0 Å². The molecule has 1 heterocycles. The highest BCUT2D eigenvalue weighted by Gasteiger charge is 2.12. The Morgan fingerprint density at radius 2 is 2.14 bits per heavy atom. The van der Waals surface area contributed by atoms with Crippen LogP contribution in [0.5, 0.6) is 5.75 Å². The van der Waals surface area contributed by atoms with E-state index >= 15 is 0 Å². The number of anilines is 1. The molecule has 1 aromatic heterocycles. The number of benzene rings is 2. The average molecular weight is 316 g/mol. The summed E-state index contributed by atoms with van der Waals surface area (Å²) in [5.41, 5.74) is 2.37. The van der Waals surface area contributed by atoms with Gasteiger partial charge in [0.25, 0.3) is 0 Å². The van der Waals surface area contributed by atoms with Gasteiger partial charge in [0.05, 0.1) is 17.3 Å². The van der Waals surface area contributed by atoms with E-state index in [0.717, 1.165) is 21.3 Å². The Balaban J connectivity index is 2.12. The molecule has 1 N–H and O–H groups in total. The van der Waals surface area contributed by atoms with Crippen LogP contribution in [-0.4, -0.2) is 18.0 Å². The number of ether oxygens (including phenoxy) is 1. The van der Waals surface area contributed by atoms with E-state index in [-0.39, 0.29) is 11.7 Å². The van der Waals surface area contributed by atoms with Crippen LogP contribution in [0.2, 0.25) is 0 Å². The van der Waals surface area contributed by atoms with Crippen molar-refractivity contribution >= 4 is 32.6 Å². The number of carbonyl (C=O) groups excluding carboxylic acids is 1. The van der Waals surface area contributed by atoms with Gasteiger partial charge < -0.3 is 10.1 Å². The fraction of sp³-hybridized carbons (Fsp3) is 0.125. The van der Waals surface area contributed by atoms with Gasteiger partial charge in [-0.1, -0.05) is 29.5 Å². The van der Waals surface area contributed by atoms with Crippen molar-refractivity contribution in [3.05, 3.63) is 42.2 Å². The zero-order valence-corrected chi connectivity index (χ0v) is 12.8. The second-order valence-electron chi connectivity index (χ2n) is 4.70. The molecule has 0 saturated carbocycles. The Bertz CT molecular complexity index is 860. The van der Waals surface area contributed by atoms with Gasteiger partial charge in [0.1, 0.15) is 0 Å². The minimum absolute atomic E-state index is 0.170. The molecule has 0 aliphatic carbocycles. The maximum atomic E-state index is 13.9. The largest absolute Gasteiger partial charge is 0.494 e. The van der Waals surface area contributed by atoms with Crippen molar-refractivity contribution in [1.82, 2.24) is 4.98 Å². The van der Waals surface area contributed by atoms with Crippen LogP contribution in [0.4, 0.5) is 9.52 Å². The Morgan fingerprint density at radius 1 is 1.32 bits per heavy atom. The molecule has 4 nitrogen and oxygen atoms in total. The van der Waals surface area contributed by atoms with Crippen LogP contribution in [0.25, 0.3) is 21.3 Å². The maximum Gasteiger partial charge on any atom is 0.223 e. The smallest absolute Gasteiger partial charge is 0.223 e. The van der Waals surface area contributed by atoms with E-state index in [4.69, 9.17) is 4.74 Å². The van der Waals surface area contributed by atoms with Gasteiger partial charge in [-0.3, -0.25) is 4.79 Å². The van der Waals surface area contributed by atoms with E-state index in [1.165, 1.54) is 31.4 Å². The second kappa shape index (κ2) is 5.73. The predicted molar refractivity (Wildman–Crippen MR) is 85.9 cm³/mol. The molecule has 0 aliphatic heterocycles. The topological polar surface area (TPSA) is 51.2 Å². The molecule has 1 amide bonds. The maximum absolute atomic E-state index is 13.9. The quantitative estimate of drug-likeness (QED) is 0.792. The summed E-state index contributed by atoms with van der Waals surface area (Å²) in [4.78, 5) is 15.5. The van der Waals surface area contributed by atoms with Crippen LogP contribution in [0.3, 0.4) is 0 Å². The fourth-order valence-corrected chi connectivity index (χ4v) is 3.26. The molecule has 0 fully saturated rings. The zero-order valence-electron chi connectivity index (χ0n) is 12.0. The molecule has 3 rings (SSSR count). The van der Waals surface area contributed by atoms with Crippen molar-refractivity contribution < 1.29 is 13.9 Å². The van der Waals surface area contributed by atoms with Crippen LogP contribution in [0.1, 0.15) is 6.92 Å². The van der Waals surface area contributed by atoms with E-state index in [1.54, 1.807) is 12.1 Å². The lowest BCUT2D eigenvalue weighted by atomic mass is 10.0. The molecule has 6 heteroatoms. The molecule has 0 radical (unpaired) electrons. The third kappa shape index (κ3) is 2.65. The van der Waals surface area contributed by atoms with E-state index in [9.17, 15) is 9.18 Å². The van der Waals surface area contributed by atoms with Crippen molar-refractivity contribution in [2.45, 2.75) is 6.92 Å². The van der Waals surface area contributed by atoms with E-state index in [2.05, 4.69) is 10.3 Å². The highest BCUT2D eigenvalue weighted by molar-refractivity contribution is 7.22.